The van der Waals surface area contributed by atoms with Crippen LogP contribution in [0.15, 0.2) is 24.3 Å². The van der Waals surface area contributed by atoms with E-state index in [1.807, 2.05) is 25.1 Å². The summed E-state index contributed by atoms with van der Waals surface area (Å²) in [6.07, 6.45) is 0. The number of rotatable bonds is 3. The van der Waals surface area contributed by atoms with Crippen LogP contribution in [0, 0.1) is 31.3 Å². The van der Waals surface area contributed by atoms with Gasteiger partial charge in [-0.1, -0.05) is 18.2 Å². The predicted octanol–water partition coefficient (Wildman–Crippen LogP) is 5.04. The molecule has 0 saturated heterocycles. The molecule has 0 atom stereocenters. The monoisotopic (exact) mass is 390 g/mol. The summed E-state index contributed by atoms with van der Waals surface area (Å²) in [6, 6.07) is 5.99. The highest BCUT2D eigenvalue weighted by Crippen LogP contribution is 2.41. The van der Waals surface area contributed by atoms with E-state index in [1.54, 1.807) is 11.5 Å². The molecule has 138 valence electrons. The van der Waals surface area contributed by atoms with Crippen LogP contribution in [0.1, 0.15) is 11.3 Å². The molecule has 0 unspecified atom stereocenters. The molecule has 0 saturated carbocycles. The van der Waals surface area contributed by atoms with Gasteiger partial charge < -0.3 is 9.67 Å². The molecule has 0 amide bonds. The lowest BCUT2D eigenvalue weighted by Gasteiger charge is -2.06. The third kappa shape index (κ3) is 2.59. The standard InChI is InChI=1S/C19H13F3N2O2S/c1-8-4-3-5-10-14(9(2)24(17(8)10)7-13(25)26)19-23-16-15(22)11(20)6-12(21)18(16)27-19/h3-6H,7H2,1-2H3,(H,25,26). The van der Waals surface area contributed by atoms with Gasteiger partial charge in [0, 0.05) is 22.7 Å². The van der Waals surface area contributed by atoms with Gasteiger partial charge in [-0.25, -0.2) is 18.2 Å². The lowest BCUT2D eigenvalue weighted by molar-refractivity contribution is -0.137. The van der Waals surface area contributed by atoms with Gasteiger partial charge in [0.1, 0.15) is 22.9 Å². The van der Waals surface area contributed by atoms with Crippen LogP contribution in [0.3, 0.4) is 0 Å². The van der Waals surface area contributed by atoms with Crippen molar-refractivity contribution in [3.8, 4) is 10.6 Å². The summed E-state index contributed by atoms with van der Waals surface area (Å²) in [4.78, 5) is 15.5. The largest absolute Gasteiger partial charge is 0.480 e. The quantitative estimate of drug-likeness (QED) is 0.499. The summed E-state index contributed by atoms with van der Waals surface area (Å²) in [5.74, 6) is -4.38. The van der Waals surface area contributed by atoms with Crippen LogP contribution >= 0.6 is 11.3 Å². The van der Waals surface area contributed by atoms with Crippen molar-refractivity contribution in [2.75, 3.05) is 0 Å². The molecule has 1 N–H and O–H groups in total. The van der Waals surface area contributed by atoms with Crippen molar-refractivity contribution >= 4 is 38.4 Å². The van der Waals surface area contributed by atoms with E-state index in [0.717, 1.165) is 27.8 Å². The number of carboxylic acids is 1. The maximum Gasteiger partial charge on any atom is 0.323 e. The van der Waals surface area contributed by atoms with Crippen LogP contribution < -0.4 is 0 Å². The zero-order chi connectivity index (χ0) is 19.5. The number of hydrogen-bond acceptors (Lipinski definition) is 3. The first-order chi connectivity index (χ1) is 12.8. The number of carbonyl (C=O) groups is 1. The van der Waals surface area contributed by atoms with Crippen molar-refractivity contribution in [1.29, 1.82) is 0 Å². The second-order valence-electron chi connectivity index (χ2n) is 6.26. The maximum absolute atomic E-state index is 14.1. The average molecular weight is 390 g/mol. The average Bonchev–Trinajstić information content (AvgIpc) is 3.14. The number of carboxylic acid groups (broad SMARTS) is 1. The van der Waals surface area contributed by atoms with E-state index >= 15 is 0 Å². The normalized spacial score (nSPS) is 11.6. The molecule has 0 aliphatic rings. The highest BCUT2D eigenvalue weighted by atomic mass is 32.1. The third-order valence-corrected chi connectivity index (χ3v) is 5.65. The van der Waals surface area contributed by atoms with E-state index in [4.69, 9.17) is 0 Å². The highest BCUT2D eigenvalue weighted by Gasteiger charge is 2.23. The Morgan fingerprint density at radius 2 is 1.96 bits per heavy atom. The minimum atomic E-state index is -1.29. The molecule has 0 radical (unpaired) electrons. The summed E-state index contributed by atoms with van der Waals surface area (Å²) < 4.78 is 43.3. The number of halogens is 3. The predicted molar refractivity (Wildman–Crippen MR) is 97.5 cm³/mol. The van der Waals surface area contributed by atoms with E-state index in [9.17, 15) is 23.1 Å². The van der Waals surface area contributed by atoms with Gasteiger partial charge in [-0.05, 0) is 19.4 Å². The van der Waals surface area contributed by atoms with E-state index in [1.165, 1.54) is 0 Å². The van der Waals surface area contributed by atoms with Gasteiger partial charge in [0.25, 0.3) is 0 Å². The van der Waals surface area contributed by atoms with Crippen molar-refractivity contribution in [2.24, 2.45) is 0 Å². The third-order valence-electron chi connectivity index (χ3n) is 4.57. The molecule has 0 aliphatic carbocycles. The second-order valence-corrected chi connectivity index (χ2v) is 7.26. The van der Waals surface area contributed by atoms with Gasteiger partial charge in [-0.3, -0.25) is 4.79 Å². The van der Waals surface area contributed by atoms with E-state index in [2.05, 4.69) is 4.98 Å². The van der Waals surface area contributed by atoms with Gasteiger partial charge in [-0.15, -0.1) is 11.3 Å². The van der Waals surface area contributed by atoms with Crippen LogP contribution in [0.25, 0.3) is 31.7 Å². The smallest absolute Gasteiger partial charge is 0.323 e. The number of thiazole rings is 1. The lowest BCUT2D eigenvalue weighted by atomic mass is 10.1. The molecule has 4 rings (SSSR count). The first-order valence-corrected chi connectivity index (χ1v) is 8.85. The number of aliphatic carboxylic acids is 1. The number of fused-ring (bicyclic) bond motifs is 2. The van der Waals surface area contributed by atoms with Gasteiger partial charge in [0.05, 0.1) is 10.2 Å². The van der Waals surface area contributed by atoms with E-state index in [0.29, 0.717) is 22.3 Å². The topological polar surface area (TPSA) is 55.1 Å². The summed E-state index contributed by atoms with van der Waals surface area (Å²) in [7, 11) is 0. The first kappa shape index (κ1) is 17.5. The Kier molecular flexibility index (Phi) is 3.96. The zero-order valence-corrected chi connectivity index (χ0v) is 15.1. The Bertz CT molecular complexity index is 1240. The van der Waals surface area contributed by atoms with Crippen molar-refractivity contribution in [1.82, 2.24) is 9.55 Å². The van der Waals surface area contributed by atoms with Crippen LogP contribution in [0.5, 0.6) is 0 Å². The molecular weight excluding hydrogens is 377 g/mol. The van der Waals surface area contributed by atoms with Crippen LogP contribution in [0.2, 0.25) is 0 Å². The number of para-hydroxylation sites is 1. The molecule has 4 aromatic rings. The molecule has 4 nitrogen and oxygen atoms in total. The molecule has 2 aromatic heterocycles. The molecular formula is C19H13F3N2O2S. The molecule has 0 aliphatic heterocycles. The van der Waals surface area contributed by atoms with Gasteiger partial charge in [0.2, 0.25) is 0 Å². The van der Waals surface area contributed by atoms with E-state index in [-0.39, 0.29) is 16.8 Å². The summed E-state index contributed by atoms with van der Waals surface area (Å²) in [6.45, 7) is 3.34. The molecule has 2 heterocycles. The molecule has 27 heavy (non-hydrogen) atoms. The van der Waals surface area contributed by atoms with Crippen molar-refractivity contribution in [2.45, 2.75) is 20.4 Å². The minimum Gasteiger partial charge on any atom is -0.480 e. The SMILES string of the molecule is Cc1cccc2c(-c3nc4c(F)c(F)cc(F)c4s3)c(C)n(CC(=O)O)c12. The number of nitrogens with zero attached hydrogens (tertiary/aromatic N) is 2. The molecule has 2 aromatic carbocycles. The maximum atomic E-state index is 14.1. The van der Waals surface area contributed by atoms with Crippen molar-refractivity contribution in [3.63, 3.8) is 0 Å². The first-order valence-electron chi connectivity index (χ1n) is 8.04. The van der Waals surface area contributed by atoms with Gasteiger partial charge in [0.15, 0.2) is 11.6 Å². The Labute approximate surface area is 155 Å². The zero-order valence-electron chi connectivity index (χ0n) is 14.3. The molecule has 0 fully saturated rings. The number of aromatic nitrogens is 2. The van der Waals surface area contributed by atoms with Crippen LogP contribution in [-0.2, 0) is 11.3 Å². The lowest BCUT2D eigenvalue weighted by Crippen LogP contribution is -2.10. The highest BCUT2D eigenvalue weighted by molar-refractivity contribution is 7.21. The van der Waals surface area contributed by atoms with Crippen molar-refractivity contribution < 1.29 is 23.1 Å². The fourth-order valence-electron chi connectivity index (χ4n) is 3.41. The fourth-order valence-corrected chi connectivity index (χ4v) is 4.49. The fraction of sp³-hybridized carbons (Fsp3) is 0.158. The molecule has 8 heteroatoms. The van der Waals surface area contributed by atoms with Crippen LogP contribution in [-0.4, -0.2) is 20.6 Å². The van der Waals surface area contributed by atoms with Gasteiger partial charge in [-0.2, -0.15) is 0 Å². The Balaban J connectivity index is 2.08. The van der Waals surface area contributed by atoms with Crippen molar-refractivity contribution in [3.05, 3.63) is 53.0 Å². The van der Waals surface area contributed by atoms with Gasteiger partial charge >= 0.3 is 5.97 Å². The number of aryl methyl sites for hydroxylation is 1. The minimum absolute atomic E-state index is 0.0740. The number of benzene rings is 2. The Morgan fingerprint density at radius 3 is 2.67 bits per heavy atom. The van der Waals surface area contributed by atoms with Crippen LogP contribution in [0.4, 0.5) is 13.2 Å². The second kappa shape index (κ2) is 6.09. The van der Waals surface area contributed by atoms with E-state index < -0.39 is 23.4 Å². The summed E-state index contributed by atoms with van der Waals surface area (Å²) in [5, 5.41) is 10.3. The number of hydrogen-bond donors (Lipinski definition) is 1. The molecule has 0 bridgehead atoms. The molecule has 0 spiro atoms. The Hall–Kier alpha value is -2.87. The summed E-state index contributed by atoms with van der Waals surface area (Å²) >= 11 is 0.913. The summed E-state index contributed by atoms with van der Waals surface area (Å²) in [5.41, 5.74) is 2.43. The Morgan fingerprint density at radius 1 is 1.22 bits per heavy atom.